The number of allylic oxidation sites excluding steroid dienone is 4. The largest absolute Gasteiger partial charge is 0.352 e. The Morgan fingerprint density at radius 2 is 1.50 bits per heavy atom. The highest BCUT2D eigenvalue weighted by Crippen LogP contribution is 2.28. The quantitative estimate of drug-likeness (QED) is 0.419. The Labute approximate surface area is 213 Å². The van der Waals surface area contributed by atoms with Gasteiger partial charge < -0.3 is 15.5 Å². The summed E-state index contributed by atoms with van der Waals surface area (Å²) in [5.41, 5.74) is 2.35. The zero-order chi connectivity index (χ0) is 26.3. The van der Waals surface area contributed by atoms with Gasteiger partial charge in [0.1, 0.15) is 0 Å². The number of carbonyl (C=O) groups is 3. The van der Waals surface area contributed by atoms with Crippen LogP contribution in [0.2, 0.25) is 0 Å². The molecule has 0 aromatic heterocycles. The summed E-state index contributed by atoms with van der Waals surface area (Å²) in [6, 6.07) is 17.5. The van der Waals surface area contributed by atoms with Crippen LogP contribution in [0.1, 0.15) is 17.0 Å². The van der Waals surface area contributed by atoms with Gasteiger partial charge >= 0.3 is 0 Å². The zero-order valence-electron chi connectivity index (χ0n) is 20.4. The van der Waals surface area contributed by atoms with Crippen LogP contribution in [0.5, 0.6) is 0 Å². The van der Waals surface area contributed by atoms with Gasteiger partial charge in [0, 0.05) is 19.6 Å². The molecule has 1 unspecified atom stereocenters. The molecule has 3 amide bonds. The van der Waals surface area contributed by atoms with Crippen molar-refractivity contribution in [3.8, 4) is 0 Å². The highest BCUT2D eigenvalue weighted by Gasteiger charge is 2.41. The predicted molar refractivity (Wildman–Crippen MR) is 145 cm³/mol. The average Bonchev–Trinajstić information content (AvgIpc) is 2.92. The standard InChI is InChI=1S/C26H27N3O3.C4H6/c1-3-11-19(4-2)18-28-25(31)23-24(30)27-16-17-29(23)26(32)22(20-12-7-5-8-13-20)21-14-9-6-10-15-21;1-3-4-2/h3-15,22-23H,1-2,16-18H2,(H,27,30)(H,28,31);3-4H,1-2H2/b19-11+;. The van der Waals surface area contributed by atoms with Gasteiger partial charge in [0.25, 0.3) is 11.8 Å². The second-order valence-electron chi connectivity index (χ2n) is 7.85. The first-order valence-electron chi connectivity index (χ1n) is 11.6. The van der Waals surface area contributed by atoms with Gasteiger partial charge in [-0.15, -0.1) is 0 Å². The highest BCUT2D eigenvalue weighted by molar-refractivity contribution is 6.08. The van der Waals surface area contributed by atoms with E-state index in [-0.39, 0.29) is 19.0 Å². The number of rotatable bonds is 9. The lowest BCUT2D eigenvalue weighted by atomic mass is 9.89. The lowest BCUT2D eigenvalue weighted by molar-refractivity contribution is -0.150. The predicted octanol–water partition coefficient (Wildman–Crippen LogP) is 3.92. The Hall–Kier alpha value is -4.45. The number of benzene rings is 2. The van der Waals surface area contributed by atoms with E-state index in [1.165, 1.54) is 4.90 Å². The zero-order valence-corrected chi connectivity index (χ0v) is 20.4. The molecule has 0 bridgehead atoms. The van der Waals surface area contributed by atoms with E-state index in [4.69, 9.17) is 0 Å². The third-order valence-electron chi connectivity index (χ3n) is 5.48. The lowest BCUT2D eigenvalue weighted by Crippen LogP contribution is -2.63. The molecule has 6 heteroatoms. The van der Waals surface area contributed by atoms with Gasteiger partial charge in [-0.3, -0.25) is 14.4 Å². The molecule has 1 fully saturated rings. The van der Waals surface area contributed by atoms with Crippen LogP contribution in [0.25, 0.3) is 0 Å². The van der Waals surface area contributed by atoms with Crippen LogP contribution in [-0.2, 0) is 14.4 Å². The fourth-order valence-electron chi connectivity index (χ4n) is 3.74. The summed E-state index contributed by atoms with van der Waals surface area (Å²) in [6.07, 6.45) is 8.20. The van der Waals surface area contributed by atoms with E-state index in [0.717, 1.165) is 16.7 Å². The summed E-state index contributed by atoms with van der Waals surface area (Å²) in [5, 5.41) is 5.44. The molecule has 0 saturated carbocycles. The summed E-state index contributed by atoms with van der Waals surface area (Å²) in [4.78, 5) is 40.8. The van der Waals surface area contributed by atoms with Crippen molar-refractivity contribution in [2.24, 2.45) is 0 Å². The molecule has 1 aliphatic heterocycles. The van der Waals surface area contributed by atoms with Crippen LogP contribution in [0.15, 0.2) is 123 Å². The van der Waals surface area contributed by atoms with E-state index in [1.807, 2.05) is 60.7 Å². The van der Waals surface area contributed by atoms with Crippen molar-refractivity contribution in [2.45, 2.75) is 12.0 Å². The average molecular weight is 484 g/mol. The van der Waals surface area contributed by atoms with E-state index in [1.54, 1.807) is 30.4 Å². The van der Waals surface area contributed by atoms with Gasteiger partial charge in [-0.1, -0.05) is 117 Å². The minimum atomic E-state index is -1.25. The topological polar surface area (TPSA) is 78.5 Å². The Bertz CT molecular complexity index is 1060. The molecular weight excluding hydrogens is 450 g/mol. The molecule has 2 aromatic rings. The Kier molecular flexibility index (Phi) is 11.4. The maximum absolute atomic E-state index is 13.8. The number of piperazine rings is 1. The molecule has 1 atom stereocenters. The van der Waals surface area contributed by atoms with Crippen LogP contribution in [0.4, 0.5) is 0 Å². The molecule has 1 aliphatic rings. The monoisotopic (exact) mass is 483 g/mol. The number of carbonyl (C=O) groups excluding carboxylic acids is 3. The minimum absolute atomic E-state index is 0.182. The summed E-state index contributed by atoms with van der Waals surface area (Å²) in [7, 11) is 0. The molecule has 3 rings (SSSR count). The second kappa shape index (κ2) is 14.7. The number of nitrogens with zero attached hydrogens (tertiary/aromatic N) is 1. The Balaban J connectivity index is 0.00000106. The maximum Gasteiger partial charge on any atom is 0.252 e. The second-order valence-corrected chi connectivity index (χ2v) is 7.85. The van der Waals surface area contributed by atoms with E-state index in [9.17, 15) is 14.4 Å². The van der Waals surface area contributed by atoms with E-state index < -0.39 is 23.8 Å². The van der Waals surface area contributed by atoms with Gasteiger partial charge in [0.05, 0.1) is 5.92 Å². The summed E-state index contributed by atoms with van der Waals surface area (Å²) < 4.78 is 0. The van der Waals surface area contributed by atoms with Crippen molar-refractivity contribution >= 4 is 17.7 Å². The van der Waals surface area contributed by atoms with Crippen LogP contribution in [0, 0.1) is 0 Å². The number of nitrogens with one attached hydrogen (secondary N) is 2. The van der Waals surface area contributed by atoms with Crippen molar-refractivity contribution < 1.29 is 14.4 Å². The molecule has 6 nitrogen and oxygen atoms in total. The summed E-state index contributed by atoms with van der Waals surface area (Å²) >= 11 is 0. The van der Waals surface area contributed by atoms with Crippen LogP contribution in [0.3, 0.4) is 0 Å². The van der Waals surface area contributed by atoms with Crippen molar-refractivity contribution in [3.05, 3.63) is 134 Å². The molecule has 186 valence electrons. The third kappa shape index (κ3) is 7.53. The first-order valence-corrected chi connectivity index (χ1v) is 11.6. The maximum atomic E-state index is 13.8. The van der Waals surface area contributed by atoms with Gasteiger partial charge in [-0.25, -0.2) is 0 Å². The van der Waals surface area contributed by atoms with Gasteiger partial charge in [-0.05, 0) is 16.7 Å². The molecule has 0 radical (unpaired) electrons. The van der Waals surface area contributed by atoms with Crippen molar-refractivity contribution in [2.75, 3.05) is 19.6 Å². The third-order valence-corrected chi connectivity index (χ3v) is 5.48. The first kappa shape index (κ1) is 27.8. The molecular formula is C30H33N3O3. The van der Waals surface area contributed by atoms with Crippen molar-refractivity contribution in [1.29, 1.82) is 0 Å². The first-order chi connectivity index (χ1) is 17.5. The molecule has 2 N–H and O–H groups in total. The van der Waals surface area contributed by atoms with Gasteiger partial charge in [-0.2, -0.15) is 0 Å². The fourth-order valence-corrected chi connectivity index (χ4v) is 3.74. The highest BCUT2D eigenvalue weighted by atomic mass is 16.2. The van der Waals surface area contributed by atoms with Crippen LogP contribution < -0.4 is 10.6 Å². The van der Waals surface area contributed by atoms with E-state index >= 15 is 0 Å². The normalized spacial score (nSPS) is 15.0. The van der Waals surface area contributed by atoms with Crippen molar-refractivity contribution in [1.82, 2.24) is 15.5 Å². The lowest BCUT2D eigenvalue weighted by Gasteiger charge is -2.36. The summed E-state index contributed by atoms with van der Waals surface area (Å²) in [5.74, 6) is -1.94. The van der Waals surface area contributed by atoms with E-state index in [0.29, 0.717) is 6.54 Å². The molecule has 0 spiro atoms. The minimum Gasteiger partial charge on any atom is -0.352 e. The van der Waals surface area contributed by atoms with Crippen LogP contribution in [-0.4, -0.2) is 48.3 Å². The SMILES string of the molecule is C=C/C=C(\C=C)CNC(=O)C1C(=O)NCCN1C(=O)C(c1ccccc1)c1ccccc1.C=CC=C. The van der Waals surface area contributed by atoms with Crippen LogP contribution >= 0.6 is 0 Å². The molecule has 1 saturated heterocycles. The van der Waals surface area contributed by atoms with Crippen molar-refractivity contribution in [3.63, 3.8) is 0 Å². The van der Waals surface area contributed by atoms with E-state index in [2.05, 4.69) is 36.9 Å². The number of hydrogen-bond donors (Lipinski definition) is 2. The Morgan fingerprint density at radius 3 is 1.97 bits per heavy atom. The molecule has 2 aromatic carbocycles. The molecule has 0 aliphatic carbocycles. The fraction of sp³-hybridized carbons (Fsp3) is 0.167. The number of hydrogen-bond acceptors (Lipinski definition) is 3. The Morgan fingerprint density at radius 1 is 0.944 bits per heavy atom. The van der Waals surface area contributed by atoms with Gasteiger partial charge in [0.2, 0.25) is 5.91 Å². The molecule has 36 heavy (non-hydrogen) atoms. The smallest absolute Gasteiger partial charge is 0.252 e. The molecule has 1 heterocycles. The van der Waals surface area contributed by atoms with Gasteiger partial charge in [0.15, 0.2) is 6.04 Å². The summed E-state index contributed by atoms with van der Waals surface area (Å²) in [6.45, 7) is 14.8. The number of amides is 3.